The second-order valence-electron chi connectivity index (χ2n) is 4.75. The summed E-state index contributed by atoms with van der Waals surface area (Å²) in [5.41, 5.74) is 1.65. The highest BCUT2D eigenvalue weighted by molar-refractivity contribution is 9.10. The second-order valence-corrected chi connectivity index (χ2v) is 5.60. The highest BCUT2D eigenvalue weighted by Crippen LogP contribution is 2.27. The molecule has 0 aliphatic carbocycles. The molecule has 0 spiro atoms. The van der Waals surface area contributed by atoms with Gasteiger partial charge in [0.25, 0.3) is 0 Å². The normalized spacial score (nSPS) is 20.7. The number of carboxylic acids is 1. The van der Waals surface area contributed by atoms with Crippen molar-refractivity contribution in [1.29, 1.82) is 0 Å². The van der Waals surface area contributed by atoms with E-state index in [2.05, 4.69) is 15.9 Å². The maximum absolute atomic E-state index is 12.1. The van der Waals surface area contributed by atoms with E-state index in [4.69, 9.17) is 0 Å². The van der Waals surface area contributed by atoms with Crippen LogP contribution in [0.1, 0.15) is 5.56 Å². The first-order valence-corrected chi connectivity index (χ1v) is 6.69. The summed E-state index contributed by atoms with van der Waals surface area (Å²) >= 11 is 3.41. The molecule has 0 aromatic heterocycles. The monoisotopic (exact) mass is 326 g/mol. The molecule has 1 amide bonds. The third kappa shape index (κ3) is 2.79. The maximum Gasteiger partial charge on any atom is 0.328 e. The highest BCUT2D eigenvalue weighted by atomic mass is 79.9. The molecule has 1 atom stereocenters. The van der Waals surface area contributed by atoms with Crippen molar-refractivity contribution in [2.24, 2.45) is 0 Å². The van der Waals surface area contributed by atoms with Crippen molar-refractivity contribution in [1.82, 2.24) is 4.90 Å². The fraction of sp³-hybridized carbons (Fsp3) is 0.385. The van der Waals surface area contributed by atoms with Crippen molar-refractivity contribution in [2.75, 3.05) is 25.0 Å². The molecule has 1 aromatic rings. The number of halogens is 1. The molecule has 1 fully saturated rings. The number of hydrogen-bond donors (Lipinski definition) is 1. The van der Waals surface area contributed by atoms with E-state index in [-0.39, 0.29) is 12.5 Å². The smallest absolute Gasteiger partial charge is 0.328 e. The molecule has 1 heterocycles. The minimum Gasteiger partial charge on any atom is -0.480 e. The zero-order chi connectivity index (χ0) is 14.2. The lowest BCUT2D eigenvalue weighted by atomic mass is 10.1. The Kier molecular flexibility index (Phi) is 3.91. The van der Waals surface area contributed by atoms with Gasteiger partial charge in [0.15, 0.2) is 0 Å². The van der Waals surface area contributed by atoms with Crippen molar-refractivity contribution in [3.05, 3.63) is 28.2 Å². The van der Waals surface area contributed by atoms with Gasteiger partial charge in [-0.05, 0) is 31.7 Å². The summed E-state index contributed by atoms with van der Waals surface area (Å²) in [5.74, 6) is -1.19. The Bertz CT molecular complexity index is 533. The molecule has 19 heavy (non-hydrogen) atoms. The first-order valence-electron chi connectivity index (χ1n) is 5.89. The Balaban J connectivity index is 2.41. The zero-order valence-corrected chi connectivity index (χ0v) is 12.3. The van der Waals surface area contributed by atoms with Gasteiger partial charge in [-0.3, -0.25) is 14.6 Å². The minimum absolute atomic E-state index is 0.197. The Morgan fingerprint density at radius 3 is 2.74 bits per heavy atom. The van der Waals surface area contributed by atoms with E-state index in [0.29, 0.717) is 12.2 Å². The van der Waals surface area contributed by atoms with E-state index >= 15 is 0 Å². The Morgan fingerprint density at radius 2 is 2.16 bits per heavy atom. The van der Waals surface area contributed by atoms with Gasteiger partial charge in [0, 0.05) is 16.7 Å². The summed E-state index contributed by atoms with van der Waals surface area (Å²) in [7, 11) is 1.75. The van der Waals surface area contributed by atoms with Crippen LogP contribution in [0.3, 0.4) is 0 Å². The first kappa shape index (κ1) is 14.0. The molecular weight excluding hydrogens is 312 g/mol. The van der Waals surface area contributed by atoms with Crippen LogP contribution in [-0.2, 0) is 9.59 Å². The molecule has 1 aliphatic rings. The van der Waals surface area contributed by atoms with Gasteiger partial charge in [0.2, 0.25) is 5.91 Å². The van der Waals surface area contributed by atoms with Crippen molar-refractivity contribution < 1.29 is 14.7 Å². The fourth-order valence-electron chi connectivity index (χ4n) is 2.17. The number of carbonyl (C=O) groups excluding carboxylic acids is 1. The fourth-order valence-corrected chi connectivity index (χ4v) is 2.53. The van der Waals surface area contributed by atoms with Gasteiger partial charge in [-0.2, -0.15) is 0 Å². The molecule has 1 unspecified atom stereocenters. The maximum atomic E-state index is 12.1. The van der Waals surface area contributed by atoms with Crippen LogP contribution in [0.15, 0.2) is 22.7 Å². The van der Waals surface area contributed by atoms with Crippen LogP contribution >= 0.6 is 15.9 Å². The highest BCUT2D eigenvalue weighted by Gasteiger charge is 2.36. The number of likely N-dealkylation sites (N-methyl/N-ethyl adjacent to an activating group) is 1. The molecule has 1 aliphatic heterocycles. The molecule has 0 saturated carbocycles. The van der Waals surface area contributed by atoms with Gasteiger partial charge in [-0.1, -0.05) is 22.0 Å². The molecule has 0 radical (unpaired) electrons. The summed E-state index contributed by atoms with van der Waals surface area (Å²) < 4.78 is 0.862. The SMILES string of the molecule is Cc1ccc(N2C(=O)CN(C)CC2C(=O)O)cc1Br. The lowest BCUT2D eigenvalue weighted by Crippen LogP contribution is -2.58. The van der Waals surface area contributed by atoms with E-state index in [1.54, 1.807) is 24.1 Å². The third-order valence-electron chi connectivity index (χ3n) is 3.19. The minimum atomic E-state index is -0.989. The molecule has 5 nitrogen and oxygen atoms in total. The van der Waals surface area contributed by atoms with Crippen LogP contribution < -0.4 is 4.90 Å². The van der Waals surface area contributed by atoms with Gasteiger partial charge < -0.3 is 5.11 Å². The molecular formula is C13H15BrN2O3. The number of hydrogen-bond acceptors (Lipinski definition) is 3. The van der Waals surface area contributed by atoms with Gasteiger partial charge in [-0.15, -0.1) is 0 Å². The van der Waals surface area contributed by atoms with E-state index < -0.39 is 12.0 Å². The van der Waals surface area contributed by atoms with Crippen LogP contribution in [0.4, 0.5) is 5.69 Å². The molecule has 102 valence electrons. The standard InChI is InChI=1S/C13H15BrN2O3/c1-8-3-4-9(5-10(8)14)16-11(13(18)19)6-15(2)7-12(16)17/h3-5,11H,6-7H2,1-2H3,(H,18,19). The lowest BCUT2D eigenvalue weighted by molar-refractivity contribution is -0.142. The Morgan fingerprint density at radius 1 is 1.47 bits per heavy atom. The van der Waals surface area contributed by atoms with E-state index in [1.807, 2.05) is 13.0 Å². The second kappa shape index (κ2) is 5.30. The zero-order valence-electron chi connectivity index (χ0n) is 10.8. The average Bonchev–Trinajstić information content (AvgIpc) is 2.32. The van der Waals surface area contributed by atoms with Gasteiger partial charge in [0.1, 0.15) is 6.04 Å². The predicted octanol–water partition coefficient (Wildman–Crippen LogP) is 1.49. The van der Waals surface area contributed by atoms with E-state index in [0.717, 1.165) is 10.0 Å². The van der Waals surface area contributed by atoms with Crippen LogP contribution in [0.5, 0.6) is 0 Å². The van der Waals surface area contributed by atoms with E-state index in [9.17, 15) is 14.7 Å². The van der Waals surface area contributed by atoms with Crippen molar-refractivity contribution in [3.8, 4) is 0 Å². The summed E-state index contributed by atoms with van der Waals surface area (Å²) in [4.78, 5) is 26.6. The number of benzene rings is 1. The number of carbonyl (C=O) groups is 2. The van der Waals surface area contributed by atoms with Gasteiger partial charge in [0.05, 0.1) is 6.54 Å². The summed E-state index contributed by atoms with van der Waals surface area (Å²) in [6.45, 7) is 2.50. The van der Waals surface area contributed by atoms with Gasteiger partial charge >= 0.3 is 5.97 Å². The van der Waals surface area contributed by atoms with Crippen molar-refractivity contribution in [3.63, 3.8) is 0 Å². The molecule has 2 rings (SSSR count). The summed E-state index contributed by atoms with van der Waals surface area (Å²) in [6.07, 6.45) is 0. The predicted molar refractivity (Wildman–Crippen MR) is 75.3 cm³/mol. The number of carboxylic acid groups (broad SMARTS) is 1. The van der Waals surface area contributed by atoms with E-state index in [1.165, 1.54) is 4.90 Å². The largest absolute Gasteiger partial charge is 0.480 e. The van der Waals surface area contributed by atoms with Crippen LogP contribution in [0, 0.1) is 6.92 Å². The topological polar surface area (TPSA) is 60.9 Å². The molecule has 1 aromatic carbocycles. The van der Waals surface area contributed by atoms with Crippen molar-refractivity contribution in [2.45, 2.75) is 13.0 Å². The average molecular weight is 327 g/mol. The van der Waals surface area contributed by atoms with Crippen LogP contribution in [-0.4, -0.2) is 48.1 Å². The summed E-state index contributed by atoms with van der Waals surface area (Å²) in [6, 6.07) is 4.58. The summed E-state index contributed by atoms with van der Waals surface area (Å²) in [5, 5.41) is 9.30. The first-order chi connectivity index (χ1) is 8.90. The van der Waals surface area contributed by atoms with Gasteiger partial charge in [-0.25, -0.2) is 4.79 Å². The number of piperazine rings is 1. The Labute approximate surface area is 119 Å². The number of aryl methyl sites for hydroxylation is 1. The quantitative estimate of drug-likeness (QED) is 0.894. The van der Waals surface area contributed by atoms with Crippen LogP contribution in [0.2, 0.25) is 0 Å². The third-order valence-corrected chi connectivity index (χ3v) is 4.04. The molecule has 1 N–H and O–H groups in total. The lowest BCUT2D eigenvalue weighted by Gasteiger charge is -2.37. The molecule has 0 bridgehead atoms. The number of rotatable bonds is 2. The number of amides is 1. The number of anilines is 1. The van der Waals surface area contributed by atoms with Crippen molar-refractivity contribution >= 4 is 33.5 Å². The molecule has 6 heteroatoms. The number of aliphatic carboxylic acids is 1. The van der Waals surface area contributed by atoms with Crippen LogP contribution in [0.25, 0.3) is 0 Å². The molecule has 1 saturated heterocycles. The number of nitrogens with zero attached hydrogens (tertiary/aromatic N) is 2. The Hall–Kier alpha value is -1.40.